The van der Waals surface area contributed by atoms with Gasteiger partial charge in [-0.25, -0.2) is 18.7 Å². The Morgan fingerprint density at radius 2 is 2.18 bits per heavy atom. The highest BCUT2D eigenvalue weighted by molar-refractivity contribution is 6.18. The van der Waals surface area contributed by atoms with Crippen LogP contribution in [-0.4, -0.2) is 35.4 Å². The number of halogens is 3. The zero-order valence-corrected chi connectivity index (χ0v) is 10.1. The van der Waals surface area contributed by atoms with Gasteiger partial charge in [0.2, 0.25) is 0 Å². The normalized spacial score (nSPS) is 14.1. The summed E-state index contributed by atoms with van der Waals surface area (Å²) < 4.78 is 25.0. The molecule has 17 heavy (non-hydrogen) atoms. The van der Waals surface area contributed by atoms with Crippen molar-refractivity contribution in [1.29, 1.82) is 0 Å². The van der Waals surface area contributed by atoms with Crippen LogP contribution in [0.5, 0.6) is 0 Å². The molecule has 1 aliphatic rings. The van der Waals surface area contributed by atoms with E-state index in [1.165, 1.54) is 6.33 Å². The van der Waals surface area contributed by atoms with Gasteiger partial charge in [-0.2, -0.15) is 0 Å². The van der Waals surface area contributed by atoms with Crippen molar-refractivity contribution in [3.05, 3.63) is 17.6 Å². The van der Waals surface area contributed by atoms with E-state index in [1.54, 1.807) is 4.90 Å². The summed E-state index contributed by atoms with van der Waals surface area (Å²) in [5.41, 5.74) is 2.00. The molecule has 0 aromatic carbocycles. The van der Waals surface area contributed by atoms with Crippen LogP contribution in [0.4, 0.5) is 14.6 Å². The van der Waals surface area contributed by atoms with Gasteiger partial charge in [0.1, 0.15) is 12.1 Å². The summed E-state index contributed by atoms with van der Waals surface area (Å²) in [6, 6.07) is 0. The Kier molecular flexibility index (Phi) is 4.10. The summed E-state index contributed by atoms with van der Waals surface area (Å²) in [6.45, 7) is 0.0610. The Bertz CT molecular complexity index is 387. The van der Waals surface area contributed by atoms with Crippen molar-refractivity contribution in [3.63, 3.8) is 0 Å². The quantitative estimate of drug-likeness (QED) is 0.762. The second kappa shape index (κ2) is 5.58. The van der Waals surface area contributed by atoms with Crippen LogP contribution in [0.15, 0.2) is 6.33 Å². The summed E-state index contributed by atoms with van der Waals surface area (Å²) in [5, 5.41) is 0. The number of fused-ring (bicyclic) bond motifs is 1. The second-order valence-electron chi connectivity index (χ2n) is 4.00. The predicted octanol–water partition coefficient (Wildman–Crippen LogP) is 2.28. The third-order valence-electron chi connectivity index (χ3n) is 2.86. The summed E-state index contributed by atoms with van der Waals surface area (Å²) in [6.07, 6.45) is 1.86. The minimum absolute atomic E-state index is 0.311. The van der Waals surface area contributed by atoms with Crippen LogP contribution in [-0.2, 0) is 12.8 Å². The second-order valence-corrected chi connectivity index (χ2v) is 4.38. The van der Waals surface area contributed by atoms with Crippen LogP contribution >= 0.6 is 11.6 Å². The number of aryl methyl sites for hydroxylation is 1. The van der Waals surface area contributed by atoms with Gasteiger partial charge in [-0.3, -0.25) is 0 Å². The Morgan fingerprint density at radius 3 is 2.88 bits per heavy atom. The van der Waals surface area contributed by atoms with E-state index in [4.69, 9.17) is 11.6 Å². The van der Waals surface area contributed by atoms with E-state index in [-0.39, 0.29) is 6.54 Å². The number of aromatic nitrogens is 2. The van der Waals surface area contributed by atoms with Crippen LogP contribution in [0, 0.1) is 0 Å². The van der Waals surface area contributed by atoms with Crippen molar-refractivity contribution < 1.29 is 8.78 Å². The first-order valence-corrected chi connectivity index (χ1v) is 6.17. The summed E-state index contributed by atoms with van der Waals surface area (Å²) in [7, 11) is 0. The maximum atomic E-state index is 12.5. The molecule has 6 heteroatoms. The molecule has 2 rings (SSSR count). The lowest BCUT2D eigenvalue weighted by molar-refractivity contribution is 0.155. The van der Waals surface area contributed by atoms with Crippen LogP contribution in [0.1, 0.15) is 17.7 Å². The van der Waals surface area contributed by atoms with Gasteiger partial charge in [-0.15, -0.1) is 11.6 Å². The molecule has 0 N–H and O–H groups in total. The van der Waals surface area contributed by atoms with Crippen molar-refractivity contribution in [2.24, 2.45) is 0 Å². The zero-order valence-electron chi connectivity index (χ0n) is 9.37. The summed E-state index contributed by atoms with van der Waals surface area (Å²) in [5.74, 6) is 0.944. The molecule has 94 valence electrons. The lowest BCUT2D eigenvalue weighted by Gasteiger charge is -2.24. The van der Waals surface area contributed by atoms with Crippen molar-refractivity contribution in [2.45, 2.75) is 25.7 Å². The molecular weight excluding hydrogens is 248 g/mol. The van der Waals surface area contributed by atoms with Gasteiger partial charge in [0, 0.05) is 23.7 Å². The lowest BCUT2D eigenvalue weighted by atomic mass is 10.2. The minimum Gasteiger partial charge on any atom is -0.349 e. The molecule has 0 saturated heterocycles. The van der Waals surface area contributed by atoms with Crippen molar-refractivity contribution in [2.75, 3.05) is 23.9 Å². The standard InChI is InChI=1S/C11H14ClF2N3/c12-4-5-17(6-10(13)14)11-8-2-1-3-9(8)15-7-16-11/h7,10H,1-6H2. The molecule has 0 atom stereocenters. The number of anilines is 1. The Hall–Kier alpha value is -0.970. The average molecular weight is 262 g/mol. The fourth-order valence-corrected chi connectivity index (χ4v) is 2.37. The van der Waals surface area contributed by atoms with Gasteiger partial charge in [0.15, 0.2) is 0 Å². The van der Waals surface area contributed by atoms with Crippen molar-refractivity contribution >= 4 is 17.4 Å². The largest absolute Gasteiger partial charge is 0.349 e. The van der Waals surface area contributed by atoms with Crippen molar-refractivity contribution in [1.82, 2.24) is 9.97 Å². The van der Waals surface area contributed by atoms with Crippen LogP contribution in [0.3, 0.4) is 0 Å². The number of alkyl halides is 3. The molecule has 0 unspecified atom stereocenters. The minimum atomic E-state index is -2.38. The molecule has 1 aliphatic carbocycles. The Balaban J connectivity index is 2.26. The fourth-order valence-electron chi connectivity index (χ4n) is 2.17. The molecule has 0 radical (unpaired) electrons. The van der Waals surface area contributed by atoms with E-state index >= 15 is 0 Å². The fraction of sp³-hybridized carbons (Fsp3) is 0.636. The maximum Gasteiger partial charge on any atom is 0.255 e. The highest BCUT2D eigenvalue weighted by Gasteiger charge is 2.22. The molecule has 0 spiro atoms. The molecule has 0 saturated carbocycles. The van der Waals surface area contributed by atoms with Gasteiger partial charge < -0.3 is 4.90 Å². The topological polar surface area (TPSA) is 29.0 Å². The van der Waals surface area contributed by atoms with E-state index in [1.807, 2.05) is 0 Å². The molecule has 0 bridgehead atoms. The molecule has 0 amide bonds. The molecule has 0 fully saturated rings. The van der Waals surface area contributed by atoms with Crippen LogP contribution in [0.25, 0.3) is 0 Å². The van der Waals surface area contributed by atoms with Crippen LogP contribution in [0.2, 0.25) is 0 Å². The monoisotopic (exact) mass is 261 g/mol. The van der Waals surface area contributed by atoms with Gasteiger partial charge in [0.25, 0.3) is 6.43 Å². The third-order valence-corrected chi connectivity index (χ3v) is 3.03. The predicted molar refractivity (Wildman–Crippen MR) is 63.0 cm³/mol. The van der Waals surface area contributed by atoms with Gasteiger partial charge >= 0.3 is 0 Å². The molecule has 0 aliphatic heterocycles. The zero-order chi connectivity index (χ0) is 12.3. The first-order valence-electron chi connectivity index (χ1n) is 5.64. The van der Waals surface area contributed by atoms with E-state index in [9.17, 15) is 8.78 Å². The molecule has 1 aromatic heterocycles. The van der Waals surface area contributed by atoms with E-state index in [2.05, 4.69) is 9.97 Å². The van der Waals surface area contributed by atoms with Gasteiger partial charge in [-0.1, -0.05) is 0 Å². The average Bonchev–Trinajstić information content (AvgIpc) is 2.75. The van der Waals surface area contributed by atoms with Gasteiger partial charge in [0.05, 0.1) is 6.54 Å². The number of hydrogen-bond acceptors (Lipinski definition) is 3. The number of nitrogens with zero attached hydrogens (tertiary/aromatic N) is 3. The van der Waals surface area contributed by atoms with Gasteiger partial charge in [-0.05, 0) is 19.3 Å². The van der Waals surface area contributed by atoms with E-state index in [0.717, 1.165) is 30.5 Å². The Morgan fingerprint density at radius 1 is 1.35 bits per heavy atom. The summed E-state index contributed by atoms with van der Waals surface area (Å²) in [4.78, 5) is 9.89. The van der Waals surface area contributed by atoms with E-state index in [0.29, 0.717) is 18.2 Å². The number of hydrogen-bond donors (Lipinski definition) is 0. The van der Waals surface area contributed by atoms with E-state index < -0.39 is 6.43 Å². The first kappa shape index (κ1) is 12.5. The lowest BCUT2D eigenvalue weighted by Crippen LogP contribution is -2.32. The molecular formula is C11H14ClF2N3. The highest BCUT2D eigenvalue weighted by Crippen LogP contribution is 2.28. The van der Waals surface area contributed by atoms with Crippen LogP contribution < -0.4 is 4.90 Å². The molecule has 1 aromatic rings. The Labute approximate surface area is 104 Å². The number of rotatable bonds is 5. The van der Waals surface area contributed by atoms with Crippen molar-refractivity contribution in [3.8, 4) is 0 Å². The molecule has 3 nitrogen and oxygen atoms in total. The first-order chi connectivity index (χ1) is 8.22. The SMILES string of the molecule is FC(F)CN(CCCl)c1ncnc2c1CCC2. The summed E-state index contributed by atoms with van der Waals surface area (Å²) >= 11 is 5.65. The smallest absolute Gasteiger partial charge is 0.255 e. The third kappa shape index (κ3) is 2.83. The molecule has 1 heterocycles. The maximum absolute atomic E-state index is 12.5. The highest BCUT2D eigenvalue weighted by atomic mass is 35.5.